The Morgan fingerprint density at radius 3 is 2.52 bits per heavy atom. The van der Waals surface area contributed by atoms with Gasteiger partial charge >= 0.3 is 0 Å². The molecular weight excluding hydrogens is 410 g/mol. The Morgan fingerprint density at radius 1 is 1.10 bits per heavy atom. The van der Waals surface area contributed by atoms with Crippen LogP contribution >= 0.6 is 11.3 Å². The van der Waals surface area contributed by atoms with Crippen LogP contribution in [-0.4, -0.2) is 41.3 Å². The molecule has 0 saturated heterocycles. The topological polar surface area (TPSA) is 56.6 Å². The fourth-order valence-corrected chi connectivity index (χ4v) is 5.48. The smallest absolute Gasteiger partial charge is 0.262 e. The maximum atomic E-state index is 13.6. The van der Waals surface area contributed by atoms with Gasteiger partial charge in [0, 0.05) is 4.88 Å². The third-order valence-corrected chi connectivity index (χ3v) is 7.24. The third kappa shape index (κ3) is 4.62. The van der Waals surface area contributed by atoms with E-state index in [1.54, 1.807) is 18.4 Å². The number of methoxy groups -OCH3 is 1. The molecule has 6 nitrogen and oxygen atoms in total. The first kappa shape index (κ1) is 21.8. The summed E-state index contributed by atoms with van der Waals surface area (Å²) < 4.78 is 13.0. The molecule has 7 heteroatoms. The number of benzene rings is 1. The standard InChI is InChI=1S/C24H31N3O3S/c1-4-26(5-2)16-21-25-23-22(19-8-6-7-9-20(19)31-23)24(28)27(21)14-15-30-18-12-10-17(29-3)11-13-18/h10-13H,4-9,14-16H2,1-3H3. The number of nitrogens with zero attached hydrogens (tertiary/aromatic N) is 3. The molecule has 0 atom stereocenters. The van der Waals surface area contributed by atoms with E-state index >= 15 is 0 Å². The van der Waals surface area contributed by atoms with Crippen LogP contribution in [0.2, 0.25) is 0 Å². The molecule has 1 aromatic carbocycles. The monoisotopic (exact) mass is 441 g/mol. The summed E-state index contributed by atoms with van der Waals surface area (Å²) >= 11 is 1.72. The van der Waals surface area contributed by atoms with E-state index in [1.807, 2.05) is 28.8 Å². The molecule has 0 saturated carbocycles. The number of aryl methyl sites for hydroxylation is 2. The minimum absolute atomic E-state index is 0.0879. The number of aromatic nitrogens is 2. The van der Waals surface area contributed by atoms with Crippen LogP contribution in [0.15, 0.2) is 29.1 Å². The molecule has 0 unspecified atom stereocenters. The Labute approximate surface area is 187 Å². The molecule has 3 aromatic rings. The van der Waals surface area contributed by atoms with Crippen molar-refractivity contribution in [3.63, 3.8) is 0 Å². The van der Waals surface area contributed by atoms with E-state index in [0.717, 1.165) is 59.9 Å². The van der Waals surface area contributed by atoms with Crippen molar-refractivity contribution in [2.24, 2.45) is 0 Å². The predicted molar refractivity (Wildman–Crippen MR) is 126 cm³/mol. The normalized spacial score (nSPS) is 13.5. The van der Waals surface area contributed by atoms with Crippen LogP contribution in [0.5, 0.6) is 11.5 Å². The lowest BCUT2D eigenvalue weighted by atomic mass is 9.97. The molecular formula is C24H31N3O3S. The second kappa shape index (κ2) is 9.83. The fourth-order valence-electron chi connectivity index (χ4n) is 4.21. The number of ether oxygens (including phenoxy) is 2. The summed E-state index contributed by atoms with van der Waals surface area (Å²) in [5, 5.41) is 0.840. The van der Waals surface area contributed by atoms with Gasteiger partial charge in [-0.1, -0.05) is 13.8 Å². The van der Waals surface area contributed by atoms with Crippen LogP contribution in [0.25, 0.3) is 10.2 Å². The average molecular weight is 442 g/mol. The van der Waals surface area contributed by atoms with E-state index in [-0.39, 0.29) is 5.56 Å². The molecule has 31 heavy (non-hydrogen) atoms. The van der Waals surface area contributed by atoms with Crippen LogP contribution in [0.3, 0.4) is 0 Å². The van der Waals surface area contributed by atoms with Crippen molar-refractivity contribution >= 4 is 21.6 Å². The molecule has 0 fully saturated rings. The van der Waals surface area contributed by atoms with Gasteiger partial charge in [-0.25, -0.2) is 4.98 Å². The highest BCUT2D eigenvalue weighted by atomic mass is 32.1. The minimum Gasteiger partial charge on any atom is -0.497 e. The molecule has 0 N–H and O–H groups in total. The molecule has 0 radical (unpaired) electrons. The lowest BCUT2D eigenvalue weighted by molar-refractivity contribution is 0.266. The summed E-state index contributed by atoms with van der Waals surface area (Å²) in [4.78, 5) is 23.2. The molecule has 2 heterocycles. The third-order valence-electron chi connectivity index (χ3n) is 6.06. The summed E-state index contributed by atoms with van der Waals surface area (Å²) in [6, 6.07) is 7.52. The molecule has 4 rings (SSSR count). The first-order chi connectivity index (χ1) is 15.1. The van der Waals surface area contributed by atoms with Gasteiger partial charge in [0.2, 0.25) is 0 Å². The van der Waals surface area contributed by atoms with Crippen molar-refractivity contribution in [3.8, 4) is 11.5 Å². The van der Waals surface area contributed by atoms with Crippen molar-refractivity contribution in [2.75, 3.05) is 26.8 Å². The van der Waals surface area contributed by atoms with E-state index in [4.69, 9.17) is 14.5 Å². The zero-order chi connectivity index (χ0) is 21.8. The number of hydrogen-bond acceptors (Lipinski definition) is 6. The highest BCUT2D eigenvalue weighted by Gasteiger charge is 2.22. The Balaban J connectivity index is 1.64. The van der Waals surface area contributed by atoms with Crippen LogP contribution in [-0.2, 0) is 25.9 Å². The Bertz CT molecular complexity index is 1080. The fraction of sp³-hybridized carbons (Fsp3) is 0.500. The summed E-state index contributed by atoms with van der Waals surface area (Å²) in [7, 11) is 1.64. The lowest BCUT2D eigenvalue weighted by Crippen LogP contribution is -2.32. The van der Waals surface area contributed by atoms with Crippen molar-refractivity contribution in [3.05, 3.63) is 50.9 Å². The molecule has 1 aliphatic carbocycles. The first-order valence-corrected chi connectivity index (χ1v) is 12.0. The SMILES string of the molecule is CCN(CC)Cc1nc2sc3c(c2c(=O)n1CCOc1ccc(OC)cc1)CCCC3. The van der Waals surface area contributed by atoms with Crippen molar-refractivity contribution < 1.29 is 9.47 Å². The maximum Gasteiger partial charge on any atom is 0.262 e. The van der Waals surface area contributed by atoms with Crippen LogP contribution in [0.1, 0.15) is 43.0 Å². The first-order valence-electron chi connectivity index (χ1n) is 11.2. The van der Waals surface area contributed by atoms with Crippen LogP contribution in [0, 0.1) is 0 Å². The predicted octanol–water partition coefficient (Wildman–Crippen LogP) is 4.27. The van der Waals surface area contributed by atoms with E-state index < -0.39 is 0 Å². The Hall–Kier alpha value is -2.38. The summed E-state index contributed by atoms with van der Waals surface area (Å²) in [6.07, 6.45) is 4.42. The van der Waals surface area contributed by atoms with Crippen molar-refractivity contribution in [2.45, 2.75) is 52.6 Å². The molecule has 0 amide bonds. The number of fused-ring (bicyclic) bond motifs is 3. The Morgan fingerprint density at radius 2 is 1.81 bits per heavy atom. The maximum absolute atomic E-state index is 13.6. The van der Waals surface area contributed by atoms with Gasteiger partial charge in [-0.3, -0.25) is 14.3 Å². The van der Waals surface area contributed by atoms with Gasteiger partial charge in [0.05, 0.1) is 25.6 Å². The van der Waals surface area contributed by atoms with E-state index in [2.05, 4.69) is 18.7 Å². The molecule has 166 valence electrons. The number of hydrogen-bond donors (Lipinski definition) is 0. The van der Waals surface area contributed by atoms with E-state index in [1.165, 1.54) is 16.9 Å². The van der Waals surface area contributed by atoms with Gasteiger partial charge in [-0.2, -0.15) is 0 Å². The molecule has 2 aromatic heterocycles. The second-order valence-corrected chi connectivity index (χ2v) is 8.94. The summed E-state index contributed by atoms with van der Waals surface area (Å²) in [5.74, 6) is 2.39. The van der Waals surface area contributed by atoms with Gasteiger partial charge in [0.25, 0.3) is 5.56 Å². The van der Waals surface area contributed by atoms with E-state index in [9.17, 15) is 4.79 Å². The quantitative estimate of drug-likeness (QED) is 0.496. The molecule has 0 spiro atoms. The van der Waals surface area contributed by atoms with Crippen LogP contribution in [0.4, 0.5) is 0 Å². The van der Waals surface area contributed by atoms with Gasteiger partial charge in [-0.05, 0) is 68.6 Å². The average Bonchev–Trinajstić information content (AvgIpc) is 3.18. The second-order valence-electron chi connectivity index (χ2n) is 7.86. The van der Waals surface area contributed by atoms with Gasteiger partial charge in [-0.15, -0.1) is 11.3 Å². The zero-order valence-corrected chi connectivity index (χ0v) is 19.5. The van der Waals surface area contributed by atoms with Crippen molar-refractivity contribution in [1.82, 2.24) is 14.5 Å². The minimum atomic E-state index is 0.0879. The highest BCUT2D eigenvalue weighted by molar-refractivity contribution is 7.18. The lowest BCUT2D eigenvalue weighted by Gasteiger charge is -2.20. The Kier molecular flexibility index (Phi) is 6.92. The van der Waals surface area contributed by atoms with Crippen LogP contribution < -0.4 is 15.0 Å². The van der Waals surface area contributed by atoms with Gasteiger partial charge < -0.3 is 9.47 Å². The van der Waals surface area contributed by atoms with Crippen molar-refractivity contribution in [1.29, 1.82) is 0 Å². The summed E-state index contributed by atoms with van der Waals surface area (Å²) in [6.45, 7) is 7.69. The zero-order valence-electron chi connectivity index (χ0n) is 18.6. The molecule has 1 aliphatic rings. The largest absolute Gasteiger partial charge is 0.497 e. The van der Waals surface area contributed by atoms with Gasteiger partial charge in [0.1, 0.15) is 28.8 Å². The molecule has 0 bridgehead atoms. The van der Waals surface area contributed by atoms with Gasteiger partial charge in [0.15, 0.2) is 0 Å². The highest BCUT2D eigenvalue weighted by Crippen LogP contribution is 2.33. The summed E-state index contributed by atoms with van der Waals surface area (Å²) in [5.41, 5.74) is 1.33. The van der Waals surface area contributed by atoms with E-state index in [0.29, 0.717) is 19.7 Å². The number of rotatable bonds is 9. The number of thiophene rings is 1. The molecule has 0 aliphatic heterocycles.